The zero-order chi connectivity index (χ0) is 23.9. The molecule has 4 rings (SSSR count). The summed E-state index contributed by atoms with van der Waals surface area (Å²) in [6, 6.07) is 8.24. The summed E-state index contributed by atoms with van der Waals surface area (Å²) in [5.41, 5.74) is 6.28. The average molecular weight is 464 g/mol. The summed E-state index contributed by atoms with van der Waals surface area (Å²) < 4.78 is 3.43. The second-order valence-corrected chi connectivity index (χ2v) is 9.49. The fourth-order valence-corrected chi connectivity index (χ4v) is 4.83. The molecule has 172 valence electrons. The lowest BCUT2D eigenvalue weighted by Gasteiger charge is -2.11. The molecule has 0 fully saturated rings. The van der Waals surface area contributed by atoms with Gasteiger partial charge in [0.1, 0.15) is 5.69 Å². The molecule has 1 aromatic carbocycles. The van der Waals surface area contributed by atoms with E-state index in [1.54, 1.807) is 4.40 Å². The van der Waals surface area contributed by atoms with Crippen LogP contribution in [0.25, 0.3) is 21.9 Å². The van der Waals surface area contributed by atoms with Crippen LogP contribution in [0, 0.1) is 27.7 Å². The van der Waals surface area contributed by atoms with Crippen molar-refractivity contribution in [1.29, 1.82) is 0 Å². The highest BCUT2D eigenvalue weighted by atomic mass is 32.1. The Labute approximate surface area is 197 Å². The van der Waals surface area contributed by atoms with E-state index in [1.165, 1.54) is 11.3 Å². The normalized spacial score (nSPS) is 12.3. The minimum Gasteiger partial charge on any atom is -0.353 e. The molecule has 3 aromatic heterocycles. The first-order chi connectivity index (χ1) is 15.7. The van der Waals surface area contributed by atoms with Crippen molar-refractivity contribution in [2.24, 2.45) is 0 Å². The van der Waals surface area contributed by atoms with E-state index in [9.17, 15) is 9.59 Å². The zero-order valence-electron chi connectivity index (χ0n) is 19.9. The molecule has 0 saturated heterocycles. The molecule has 3 heterocycles. The molecule has 1 atom stereocenters. The van der Waals surface area contributed by atoms with E-state index in [-0.39, 0.29) is 23.9 Å². The third-order valence-corrected chi connectivity index (χ3v) is 6.79. The first kappa shape index (κ1) is 22.9. The van der Waals surface area contributed by atoms with Gasteiger partial charge in [-0.1, -0.05) is 19.1 Å². The lowest BCUT2D eigenvalue weighted by molar-refractivity contribution is -0.121. The number of nitrogens with one attached hydrogen (secondary N) is 1. The van der Waals surface area contributed by atoms with Crippen molar-refractivity contribution >= 4 is 22.2 Å². The maximum Gasteiger partial charge on any atom is 0.268 e. The molecule has 0 radical (unpaired) electrons. The summed E-state index contributed by atoms with van der Waals surface area (Å²) in [5.74, 6) is -0.104. The van der Waals surface area contributed by atoms with Crippen LogP contribution in [0.4, 0.5) is 0 Å². The van der Waals surface area contributed by atoms with Crippen LogP contribution in [0.2, 0.25) is 0 Å². The van der Waals surface area contributed by atoms with E-state index in [2.05, 4.69) is 28.5 Å². The number of hydrogen-bond donors (Lipinski definition) is 1. The van der Waals surface area contributed by atoms with Gasteiger partial charge in [-0.3, -0.25) is 14.0 Å². The lowest BCUT2D eigenvalue weighted by Crippen LogP contribution is -2.34. The molecule has 0 saturated carbocycles. The van der Waals surface area contributed by atoms with Crippen LogP contribution in [0.3, 0.4) is 0 Å². The van der Waals surface area contributed by atoms with E-state index in [1.807, 2.05) is 57.7 Å². The first-order valence-corrected chi connectivity index (χ1v) is 12.0. The highest BCUT2D eigenvalue weighted by Gasteiger charge is 2.20. The third kappa shape index (κ3) is 4.35. The van der Waals surface area contributed by atoms with Gasteiger partial charge in [-0.15, -0.1) is 11.3 Å². The predicted molar refractivity (Wildman–Crippen MR) is 132 cm³/mol. The van der Waals surface area contributed by atoms with Crippen LogP contribution in [0.1, 0.15) is 48.5 Å². The summed E-state index contributed by atoms with van der Waals surface area (Å²) in [4.78, 5) is 31.3. The van der Waals surface area contributed by atoms with Crippen molar-refractivity contribution in [3.05, 3.63) is 68.2 Å². The van der Waals surface area contributed by atoms with Crippen molar-refractivity contribution in [1.82, 2.24) is 24.5 Å². The number of thiazole rings is 1. The molecule has 0 spiro atoms. The number of fused-ring (bicyclic) bond motifs is 1. The monoisotopic (exact) mass is 463 g/mol. The van der Waals surface area contributed by atoms with E-state index >= 15 is 0 Å². The molecule has 33 heavy (non-hydrogen) atoms. The van der Waals surface area contributed by atoms with Gasteiger partial charge < -0.3 is 5.32 Å². The molecule has 0 aliphatic rings. The molecule has 0 bridgehead atoms. The number of hydrogen-bond acceptors (Lipinski definition) is 5. The maximum absolute atomic E-state index is 13.6. The number of aromatic nitrogens is 4. The number of benzene rings is 1. The summed E-state index contributed by atoms with van der Waals surface area (Å²) >= 11 is 1.37. The average Bonchev–Trinajstić information content (AvgIpc) is 3.33. The minimum atomic E-state index is -0.198. The van der Waals surface area contributed by atoms with Gasteiger partial charge in [0.25, 0.3) is 5.56 Å². The summed E-state index contributed by atoms with van der Waals surface area (Å²) in [6.07, 6.45) is 0.980. The molecular formula is C25H29N5O2S. The highest BCUT2D eigenvalue weighted by molar-refractivity contribution is 7.15. The quantitative estimate of drug-likeness (QED) is 0.462. The molecule has 4 aromatic rings. The Morgan fingerprint density at radius 2 is 1.94 bits per heavy atom. The molecule has 0 aliphatic heterocycles. The molecule has 7 nitrogen and oxygen atoms in total. The van der Waals surface area contributed by atoms with Crippen LogP contribution < -0.4 is 10.9 Å². The molecule has 1 amide bonds. The number of carbonyl (C=O) groups is 1. The van der Waals surface area contributed by atoms with Crippen LogP contribution in [0.5, 0.6) is 0 Å². The minimum absolute atomic E-state index is 0.0899. The van der Waals surface area contributed by atoms with Gasteiger partial charge in [-0.05, 0) is 64.3 Å². The SMILES string of the molecule is CCC(C)NC(=O)Cc1csc2nc(C)c(-c3cc(C)n(-c4cc(C)ccc4C)n3)c(=O)n12. The lowest BCUT2D eigenvalue weighted by atomic mass is 10.1. The van der Waals surface area contributed by atoms with Crippen molar-refractivity contribution in [2.45, 2.75) is 60.4 Å². The Morgan fingerprint density at radius 3 is 2.67 bits per heavy atom. The van der Waals surface area contributed by atoms with Crippen molar-refractivity contribution < 1.29 is 4.79 Å². The van der Waals surface area contributed by atoms with E-state index in [4.69, 9.17) is 5.10 Å². The van der Waals surface area contributed by atoms with Gasteiger partial charge in [-0.25, -0.2) is 9.67 Å². The van der Waals surface area contributed by atoms with Crippen molar-refractivity contribution in [2.75, 3.05) is 0 Å². The second kappa shape index (κ2) is 8.94. The van der Waals surface area contributed by atoms with Gasteiger partial charge in [0.15, 0.2) is 4.96 Å². The number of amides is 1. The maximum atomic E-state index is 13.6. The zero-order valence-corrected chi connectivity index (χ0v) is 20.7. The molecule has 8 heteroatoms. The predicted octanol–water partition coefficient (Wildman–Crippen LogP) is 4.30. The Hall–Kier alpha value is -3.26. The highest BCUT2D eigenvalue weighted by Crippen LogP contribution is 2.25. The van der Waals surface area contributed by atoms with Crippen molar-refractivity contribution in [3.8, 4) is 16.9 Å². The van der Waals surface area contributed by atoms with Crippen LogP contribution >= 0.6 is 11.3 Å². The van der Waals surface area contributed by atoms with Gasteiger partial charge >= 0.3 is 0 Å². The molecule has 0 aliphatic carbocycles. The molecular weight excluding hydrogens is 434 g/mol. The summed E-state index contributed by atoms with van der Waals surface area (Å²) in [6.45, 7) is 11.9. The molecule has 1 N–H and O–H groups in total. The van der Waals surface area contributed by atoms with Crippen LogP contribution in [-0.4, -0.2) is 31.1 Å². The largest absolute Gasteiger partial charge is 0.353 e. The second-order valence-electron chi connectivity index (χ2n) is 8.65. The van der Waals surface area contributed by atoms with Gasteiger partial charge in [0.2, 0.25) is 5.91 Å². The van der Waals surface area contributed by atoms with Crippen molar-refractivity contribution in [3.63, 3.8) is 0 Å². The van der Waals surface area contributed by atoms with Crippen LogP contribution in [-0.2, 0) is 11.2 Å². The van der Waals surface area contributed by atoms with Gasteiger partial charge in [0, 0.05) is 22.8 Å². The Kier molecular flexibility index (Phi) is 6.21. The fraction of sp³-hybridized carbons (Fsp3) is 0.360. The number of aryl methyl sites for hydroxylation is 4. The smallest absolute Gasteiger partial charge is 0.268 e. The Morgan fingerprint density at radius 1 is 1.18 bits per heavy atom. The topological polar surface area (TPSA) is 81.3 Å². The first-order valence-electron chi connectivity index (χ1n) is 11.1. The standard InChI is InChI=1S/C25H29N5O2S/c1-7-16(4)26-22(31)12-19-13-33-25-27-18(6)23(24(32)29(19)25)20-11-17(5)30(28-20)21-10-14(2)8-9-15(21)3/h8-11,13,16H,7,12H2,1-6H3,(H,26,31). The Bertz CT molecular complexity index is 1410. The Balaban J connectivity index is 1.80. The molecule has 1 unspecified atom stereocenters. The summed E-state index contributed by atoms with van der Waals surface area (Å²) in [7, 11) is 0. The third-order valence-electron chi connectivity index (χ3n) is 5.92. The number of nitrogens with zero attached hydrogens (tertiary/aromatic N) is 4. The van der Waals surface area contributed by atoms with Gasteiger partial charge in [0.05, 0.1) is 23.4 Å². The van der Waals surface area contributed by atoms with E-state index in [0.29, 0.717) is 27.6 Å². The number of rotatable bonds is 6. The van der Waals surface area contributed by atoms with Crippen LogP contribution in [0.15, 0.2) is 34.4 Å². The summed E-state index contributed by atoms with van der Waals surface area (Å²) in [5, 5.41) is 9.59. The van der Waals surface area contributed by atoms with E-state index < -0.39 is 0 Å². The number of carbonyl (C=O) groups excluding carboxylic acids is 1. The fourth-order valence-electron chi connectivity index (χ4n) is 3.90. The van der Waals surface area contributed by atoms with E-state index in [0.717, 1.165) is 28.9 Å². The van der Waals surface area contributed by atoms with Gasteiger partial charge in [-0.2, -0.15) is 5.10 Å².